The summed E-state index contributed by atoms with van der Waals surface area (Å²) < 4.78 is 39.9. The zero-order valence-electron chi connectivity index (χ0n) is 14.5. The Bertz CT molecular complexity index is 751. The summed E-state index contributed by atoms with van der Waals surface area (Å²) in [6.45, 7) is 3.21. The standard InChI is InChI=1S/C18H21F3N4O/c1-2-22-17(26)25(15-7-8-15)12-16-23-9-10-24(16)11-13-3-5-14(6-4-13)18(19,20)21/h3-6,9-10,15H,2,7-8,11-12H2,1H3,(H,22,26). The maximum Gasteiger partial charge on any atom is 0.416 e. The number of halogens is 3. The van der Waals surface area contributed by atoms with Gasteiger partial charge in [0.2, 0.25) is 0 Å². The van der Waals surface area contributed by atoms with Gasteiger partial charge < -0.3 is 14.8 Å². The van der Waals surface area contributed by atoms with Crippen LogP contribution in [0.1, 0.15) is 36.7 Å². The van der Waals surface area contributed by atoms with E-state index in [1.165, 1.54) is 12.1 Å². The Morgan fingerprint density at radius 3 is 2.58 bits per heavy atom. The number of benzene rings is 1. The van der Waals surface area contributed by atoms with E-state index in [9.17, 15) is 18.0 Å². The quantitative estimate of drug-likeness (QED) is 0.849. The molecule has 2 aromatic rings. The van der Waals surface area contributed by atoms with Crippen LogP contribution >= 0.6 is 0 Å². The van der Waals surface area contributed by atoms with E-state index in [4.69, 9.17) is 0 Å². The predicted octanol–water partition coefficient (Wildman–Crippen LogP) is 3.64. The van der Waals surface area contributed by atoms with Gasteiger partial charge in [-0.05, 0) is 37.5 Å². The average Bonchev–Trinajstić information content (AvgIpc) is 3.33. The Morgan fingerprint density at radius 1 is 1.31 bits per heavy atom. The number of urea groups is 1. The average molecular weight is 366 g/mol. The van der Waals surface area contributed by atoms with Crippen molar-refractivity contribution in [1.29, 1.82) is 0 Å². The smallest absolute Gasteiger partial charge is 0.338 e. The summed E-state index contributed by atoms with van der Waals surface area (Å²) in [4.78, 5) is 18.3. The minimum atomic E-state index is -4.34. The van der Waals surface area contributed by atoms with E-state index in [0.29, 0.717) is 25.5 Å². The number of amides is 2. The fourth-order valence-corrected chi connectivity index (χ4v) is 2.79. The van der Waals surface area contributed by atoms with Crippen LogP contribution in [0.4, 0.5) is 18.0 Å². The molecule has 0 bridgehead atoms. The molecular formula is C18H21F3N4O. The summed E-state index contributed by atoms with van der Waals surface area (Å²) in [5, 5.41) is 2.81. The molecule has 26 heavy (non-hydrogen) atoms. The van der Waals surface area contributed by atoms with E-state index >= 15 is 0 Å². The molecule has 0 unspecified atom stereocenters. The van der Waals surface area contributed by atoms with E-state index in [2.05, 4.69) is 10.3 Å². The summed E-state index contributed by atoms with van der Waals surface area (Å²) in [6.07, 6.45) is 1.04. The molecule has 2 amide bonds. The lowest BCUT2D eigenvalue weighted by Gasteiger charge is -2.22. The zero-order chi connectivity index (χ0) is 18.7. The van der Waals surface area contributed by atoms with Gasteiger partial charge in [-0.2, -0.15) is 13.2 Å². The Kier molecular flexibility index (Phi) is 5.20. The van der Waals surface area contributed by atoms with Crippen molar-refractivity contribution in [3.05, 3.63) is 53.6 Å². The van der Waals surface area contributed by atoms with Crippen molar-refractivity contribution in [3.63, 3.8) is 0 Å². The number of imidazole rings is 1. The molecule has 0 saturated heterocycles. The molecule has 0 aliphatic heterocycles. The zero-order valence-corrected chi connectivity index (χ0v) is 14.5. The molecule has 1 aromatic carbocycles. The Labute approximate surface area is 149 Å². The van der Waals surface area contributed by atoms with E-state index in [1.807, 2.05) is 11.5 Å². The number of nitrogens with one attached hydrogen (secondary N) is 1. The van der Waals surface area contributed by atoms with Gasteiger partial charge in [-0.1, -0.05) is 12.1 Å². The molecule has 1 heterocycles. The van der Waals surface area contributed by atoms with Crippen molar-refractivity contribution in [2.75, 3.05) is 6.54 Å². The van der Waals surface area contributed by atoms with Crippen LogP contribution in [0.25, 0.3) is 0 Å². The number of alkyl halides is 3. The summed E-state index contributed by atoms with van der Waals surface area (Å²) in [5.74, 6) is 0.711. The molecule has 3 rings (SSSR count). The van der Waals surface area contributed by atoms with Crippen LogP contribution in [0, 0.1) is 0 Å². The van der Waals surface area contributed by atoms with Crippen LogP contribution in [0.2, 0.25) is 0 Å². The minimum Gasteiger partial charge on any atom is -0.338 e. The summed E-state index contributed by atoms with van der Waals surface area (Å²) >= 11 is 0. The summed E-state index contributed by atoms with van der Waals surface area (Å²) in [7, 11) is 0. The van der Waals surface area contributed by atoms with Gasteiger partial charge in [0.15, 0.2) is 0 Å². The minimum absolute atomic E-state index is 0.112. The molecule has 5 nitrogen and oxygen atoms in total. The molecule has 1 saturated carbocycles. The van der Waals surface area contributed by atoms with E-state index in [0.717, 1.165) is 30.5 Å². The number of carbonyl (C=O) groups excluding carboxylic acids is 1. The van der Waals surface area contributed by atoms with Crippen molar-refractivity contribution in [2.45, 2.75) is 45.1 Å². The second-order valence-corrected chi connectivity index (χ2v) is 6.36. The summed E-state index contributed by atoms with van der Waals surface area (Å²) in [6, 6.07) is 5.22. The van der Waals surface area contributed by atoms with Gasteiger partial charge in [0, 0.05) is 31.5 Å². The number of carbonyl (C=O) groups is 1. The highest BCUT2D eigenvalue weighted by Crippen LogP contribution is 2.30. The first-order chi connectivity index (χ1) is 12.4. The normalized spacial score (nSPS) is 14.3. The number of nitrogens with zero attached hydrogens (tertiary/aromatic N) is 3. The third-order valence-corrected chi connectivity index (χ3v) is 4.32. The predicted molar refractivity (Wildman–Crippen MR) is 90.4 cm³/mol. The molecule has 1 aromatic heterocycles. The highest BCUT2D eigenvalue weighted by molar-refractivity contribution is 5.74. The van der Waals surface area contributed by atoms with Gasteiger partial charge in [-0.25, -0.2) is 9.78 Å². The Morgan fingerprint density at radius 2 is 2.00 bits per heavy atom. The molecule has 1 aliphatic rings. The first-order valence-corrected chi connectivity index (χ1v) is 8.59. The largest absolute Gasteiger partial charge is 0.416 e. The van der Waals surface area contributed by atoms with Gasteiger partial charge in [-0.3, -0.25) is 0 Å². The highest BCUT2D eigenvalue weighted by atomic mass is 19.4. The lowest BCUT2D eigenvalue weighted by molar-refractivity contribution is -0.137. The van der Waals surface area contributed by atoms with E-state index < -0.39 is 11.7 Å². The third-order valence-electron chi connectivity index (χ3n) is 4.32. The van der Waals surface area contributed by atoms with Crippen LogP contribution in [0.15, 0.2) is 36.7 Å². The fourth-order valence-electron chi connectivity index (χ4n) is 2.79. The monoisotopic (exact) mass is 366 g/mol. The molecule has 0 spiro atoms. The van der Waals surface area contributed by atoms with Gasteiger partial charge >= 0.3 is 12.2 Å². The maximum atomic E-state index is 12.7. The number of aromatic nitrogens is 2. The second kappa shape index (κ2) is 7.39. The SMILES string of the molecule is CCNC(=O)N(Cc1nccn1Cc1ccc(C(F)(F)F)cc1)C1CC1. The second-order valence-electron chi connectivity index (χ2n) is 6.36. The van der Waals surface area contributed by atoms with Gasteiger partial charge in [-0.15, -0.1) is 0 Å². The van der Waals surface area contributed by atoms with E-state index in [1.54, 1.807) is 17.3 Å². The maximum absolute atomic E-state index is 12.7. The van der Waals surface area contributed by atoms with Crippen molar-refractivity contribution < 1.29 is 18.0 Å². The molecule has 0 radical (unpaired) electrons. The van der Waals surface area contributed by atoms with Crippen molar-refractivity contribution in [2.24, 2.45) is 0 Å². The number of hydrogen-bond donors (Lipinski definition) is 1. The highest BCUT2D eigenvalue weighted by Gasteiger charge is 2.33. The molecule has 1 N–H and O–H groups in total. The lowest BCUT2D eigenvalue weighted by atomic mass is 10.1. The van der Waals surface area contributed by atoms with Crippen LogP contribution in [-0.4, -0.2) is 33.1 Å². The van der Waals surface area contributed by atoms with Crippen LogP contribution < -0.4 is 5.32 Å². The Balaban J connectivity index is 1.71. The van der Waals surface area contributed by atoms with E-state index in [-0.39, 0.29) is 12.1 Å². The van der Waals surface area contributed by atoms with Crippen LogP contribution in [0.5, 0.6) is 0 Å². The number of hydrogen-bond acceptors (Lipinski definition) is 2. The third kappa shape index (κ3) is 4.36. The molecule has 140 valence electrons. The lowest BCUT2D eigenvalue weighted by Crippen LogP contribution is -2.41. The topological polar surface area (TPSA) is 50.2 Å². The van der Waals surface area contributed by atoms with Gasteiger partial charge in [0.05, 0.1) is 12.1 Å². The number of rotatable bonds is 6. The summed E-state index contributed by atoms with van der Waals surface area (Å²) in [5.41, 5.74) is 0.0801. The van der Waals surface area contributed by atoms with Crippen LogP contribution in [-0.2, 0) is 19.3 Å². The molecule has 1 fully saturated rings. The molecule has 1 aliphatic carbocycles. The Hall–Kier alpha value is -2.51. The first-order valence-electron chi connectivity index (χ1n) is 8.59. The van der Waals surface area contributed by atoms with Gasteiger partial charge in [0.25, 0.3) is 0 Å². The molecule has 0 atom stereocenters. The fraction of sp³-hybridized carbons (Fsp3) is 0.444. The van der Waals surface area contributed by atoms with Crippen LogP contribution in [0.3, 0.4) is 0 Å². The van der Waals surface area contributed by atoms with Crippen molar-refractivity contribution in [3.8, 4) is 0 Å². The molecule has 8 heteroatoms. The van der Waals surface area contributed by atoms with Crippen molar-refractivity contribution in [1.82, 2.24) is 19.8 Å². The first kappa shape index (κ1) is 18.3. The van der Waals surface area contributed by atoms with Gasteiger partial charge in [0.1, 0.15) is 5.82 Å². The molecular weight excluding hydrogens is 345 g/mol. The van der Waals surface area contributed by atoms with Crippen molar-refractivity contribution >= 4 is 6.03 Å².